The molecule has 0 bridgehead atoms. The van der Waals surface area contributed by atoms with Crippen LogP contribution in [0, 0.1) is 5.92 Å². The molecule has 1 heterocycles. The van der Waals surface area contributed by atoms with Gasteiger partial charge in [-0.2, -0.15) is 0 Å². The molecule has 30 heavy (non-hydrogen) atoms. The van der Waals surface area contributed by atoms with E-state index in [9.17, 15) is 4.79 Å². The normalized spacial score (nSPS) is 16.7. The number of hydrogen-bond acceptors (Lipinski definition) is 5. The summed E-state index contributed by atoms with van der Waals surface area (Å²) in [6.45, 7) is 5.88. The molecule has 0 aromatic heterocycles. The molecule has 1 fully saturated rings. The number of carbonyl (C=O) groups is 1. The van der Waals surface area contributed by atoms with Crippen LogP contribution in [0.2, 0.25) is 0 Å². The van der Waals surface area contributed by atoms with E-state index in [1.54, 1.807) is 27.4 Å². The zero-order valence-electron chi connectivity index (χ0n) is 18.4. The zero-order chi connectivity index (χ0) is 21.5. The van der Waals surface area contributed by atoms with Crippen LogP contribution in [0.4, 0.5) is 0 Å². The maximum atomic E-state index is 12.6. The lowest BCUT2D eigenvalue weighted by Gasteiger charge is -2.30. The lowest BCUT2D eigenvalue weighted by molar-refractivity contribution is 0.0950. The number of carbonyl (C=O) groups excluding carboxylic acids is 1. The van der Waals surface area contributed by atoms with Crippen LogP contribution in [-0.2, 0) is 13.1 Å². The van der Waals surface area contributed by atoms with Gasteiger partial charge >= 0.3 is 0 Å². The summed E-state index contributed by atoms with van der Waals surface area (Å²) in [4.78, 5) is 15.1. The third-order valence-corrected chi connectivity index (χ3v) is 5.59. The molecule has 3 rings (SSSR count). The van der Waals surface area contributed by atoms with Crippen molar-refractivity contribution in [2.24, 2.45) is 5.92 Å². The van der Waals surface area contributed by atoms with Gasteiger partial charge in [0.05, 0.1) is 21.3 Å². The van der Waals surface area contributed by atoms with Gasteiger partial charge in [-0.1, -0.05) is 19.1 Å². The minimum Gasteiger partial charge on any atom is -0.493 e. The number of methoxy groups -OCH3 is 3. The van der Waals surface area contributed by atoms with Gasteiger partial charge < -0.3 is 19.5 Å². The molecule has 1 aliphatic heterocycles. The van der Waals surface area contributed by atoms with Crippen molar-refractivity contribution in [1.29, 1.82) is 0 Å². The van der Waals surface area contributed by atoms with Crippen molar-refractivity contribution < 1.29 is 19.0 Å². The van der Waals surface area contributed by atoms with E-state index in [0.717, 1.165) is 31.1 Å². The molecule has 1 saturated heterocycles. The number of nitrogens with zero attached hydrogens (tertiary/aromatic N) is 1. The highest BCUT2D eigenvalue weighted by atomic mass is 16.5. The summed E-state index contributed by atoms with van der Waals surface area (Å²) in [5.41, 5.74) is 2.70. The molecule has 2 aromatic rings. The number of nitrogens with one attached hydrogen (secondary N) is 1. The van der Waals surface area contributed by atoms with E-state index in [-0.39, 0.29) is 5.91 Å². The molecule has 1 atom stereocenters. The third-order valence-electron chi connectivity index (χ3n) is 5.59. The molecule has 1 N–H and O–H groups in total. The van der Waals surface area contributed by atoms with Crippen molar-refractivity contribution in [3.63, 3.8) is 0 Å². The van der Waals surface area contributed by atoms with Gasteiger partial charge in [0.25, 0.3) is 5.91 Å². The van der Waals surface area contributed by atoms with Gasteiger partial charge in [0, 0.05) is 30.8 Å². The molecule has 2 aromatic carbocycles. The van der Waals surface area contributed by atoms with Crippen molar-refractivity contribution in [3.05, 3.63) is 53.1 Å². The predicted molar refractivity (Wildman–Crippen MR) is 117 cm³/mol. The fourth-order valence-electron chi connectivity index (χ4n) is 4.03. The lowest BCUT2D eigenvalue weighted by Crippen LogP contribution is -2.33. The predicted octanol–water partition coefficient (Wildman–Crippen LogP) is 3.87. The van der Waals surface area contributed by atoms with E-state index < -0.39 is 0 Å². The number of ether oxygens (including phenoxy) is 3. The minimum absolute atomic E-state index is 0.120. The molecular weight excluding hydrogens is 380 g/mol. The summed E-state index contributed by atoms with van der Waals surface area (Å²) in [6.07, 6.45) is 2.59. The summed E-state index contributed by atoms with van der Waals surface area (Å²) in [7, 11) is 4.72. The zero-order valence-corrected chi connectivity index (χ0v) is 18.4. The Balaban J connectivity index is 1.61. The van der Waals surface area contributed by atoms with Crippen molar-refractivity contribution >= 4 is 5.91 Å². The molecule has 0 radical (unpaired) electrons. The Morgan fingerprint density at radius 1 is 1.03 bits per heavy atom. The van der Waals surface area contributed by atoms with Crippen LogP contribution in [0.1, 0.15) is 41.3 Å². The second kappa shape index (κ2) is 10.3. The molecule has 0 spiro atoms. The molecule has 0 saturated carbocycles. The fraction of sp³-hybridized carbons (Fsp3) is 0.458. The van der Waals surface area contributed by atoms with E-state index in [0.29, 0.717) is 29.4 Å². The molecule has 162 valence electrons. The Kier molecular flexibility index (Phi) is 7.57. The topological polar surface area (TPSA) is 60.0 Å². The smallest absolute Gasteiger partial charge is 0.251 e. The number of hydrogen-bond donors (Lipinski definition) is 1. The first-order valence-corrected chi connectivity index (χ1v) is 10.4. The standard InChI is InChI=1S/C24H32N2O4/c1-17-6-5-13-26(15-17)16-18-7-9-19(10-8-18)24(27)25-14-20-11-12-21(28-2)23(30-4)22(20)29-3/h7-12,17H,5-6,13-16H2,1-4H3,(H,25,27)/t17-/m1/s1. The number of piperidine rings is 1. The quantitative estimate of drug-likeness (QED) is 0.713. The third kappa shape index (κ3) is 5.25. The maximum Gasteiger partial charge on any atom is 0.251 e. The Labute approximate surface area is 179 Å². The van der Waals surface area contributed by atoms with Crippen molar-refractivity contribution in [2.45, 2.75) is 32.9 Å². The summed E-state index contributed by atoms with van der Waals surface area (Å²) < 4.78 is 16.2. The van der Waals surface area contributed by atoms with Crippen LogP contribution in [-0.4, -0.2) is 45.2 Å². The molecule has 1 aliphatic rings. The fourth-order valence-corrected chi connectivity index (χ4v) is 4.03. The maximum absolute atomic E-state index is 12.6. The van der Waals surface area contributed by atoms with Gasteiger partial charge in [-0.15, -0.1) is 0 Å². The van der Waals surface area contributed by atoms with Gasteiger partial charge in [0.1, 0.15) is 0 Å². The Bertz CT molecular complexity index is 851. The second-order valence-corrected chi connectivity index (χ2v) is 7.86. The average molecular weight is 413 g/mol. The van der Waals surface area contributed by atoms with Crippen LogP contribution in [0.5, 0.6) is 17.2 Å². The van der Waals surface area contributed by atoms with Gasteiger partial charge in [0.2, 0.25) is 5.75 Å². The van der Waals surface area contributed by atoms with E-state index in [1.807, 2.05) is 30.3 Å². The first kappa shape index (κ1) is 22.0. The molecule has 6 heteroatoms. The van der Waals surface area contributed by atoms with Gasteiger partial charge in [-0.25, -0.2) is 0 Å². The summed E-state index contributed by atoms with van der Waals surface area (Å²) in [5.74, 6) is 2.30. The number of rotatable bonds is 8. The average Bonchev–Trinajstić information content (AvgIpc) is 2.77. The summed E-state index contributed by atoms with van der Waals surface area (Å²) in [6, 6.07) is 11.5. The van der Waals surface area contributed by atoms with Gasteiger partial charge in [-0.05, 0) is 55.1 Å². The summed E-state index contributed by atoms with van der Waals surface area (Å²) in [5, 5.41) is 2.96. The first-order valence-electron chi connectivity index (χ1n) is 10.4. The molecule has 6 nitrogen and oxygen atoms in total. The molecule has 1 amide bonds. The minimum atomic E-state index is -0.120. The molecular formula is C24H32N2O4. The highest BCUT2D eigenvalue weighted by Gasteiger charge is 2.18. The largest absolute Gasteiger partial charge is 0.493 e. The number of likely N-dealkylation sites (tertiary alicyclic amines) is 1. The summed E-state index contributed by atoms with van der Waals surface area (Å²) >= 11 is 0. The SMILES string of the molecule is COc1ccc(CNC(=O)c2ccc(CN3CCC[C@@H](C)C3)cc2)c(OC)c1OC. The Hall–Kier alpha value is -2.73. The van der Waals surface area contributed by atoms with Crippen LogP contribution in [0.15, 0.2) is 36.4 Å². The van der Waals surface area contributed by atoms with E-state index in [1.165, 1.54) is 18.4 Å². The van der Waals surface area contributed by atoms with Crippen molar-refractivity contribution in [3.8, 4) is 17.2 Å². The highest BCUT2D eigenvalue weighted by molar-refractivity contribution is 5.94. The molecule has 0 aliphatic carbocycles. The van der Waals surface area contributed by atoms with Crippen LogP contribution < -0.4 is 19.5 Å². The van der Waals surface area contributed by atoms with Gasteiger partial charge in [0.15, 0.2) is 11.5 Å². The Morgan fingerprint density at radius 3 is 2.40 bits per heavy atom. The van der Waals surface area contributed by atoms with Crippen molar-refractivity contribution in [1.82, 2.24) is 10.2 Å². The van der Waals surface area contributed by atoms with Crippen LogP contribution in [0.3, 0.4) is 0 Å². The number of amides is 1. The monoisotopic (exact) mass is 412 g/mol. The number of benzene rings is 2. The van der Waals surface area contributed by atoms with E-state index >= 15 is 0 Å². The van der Waals surface area contributed by atoms with Crippen molar-refractivity contribution in [2.75, 3.05) is 34.4 Å². The highest BCUT2D eigenvalue weighted by Crippen LogP contribution is 2.39. The molecule has 0 unspecified atom stereocenters. The first-order chi connectivity index (χ1) is 14.5. The lowest BCUT2D eigenvalue weighted by atomic mass is 9.99. The van der Waals surface area contributed by atoms with E-state index in [4.69, 9.17) is 14.2 Å². The van der Waals surface area contributed by atoms with E-state index in [2.05, 4.69) is 17.1 Å². The van der Waals surface area contributed by atoms with Gasteiger partial charge in [-0.3, -0.25) is 9.69 Å². The Morgan fingerprint density at radius 2 is 1.77 bits per heavy atom. The second-order valence-electron chi connectivity index (χ2n) is 7.86. The van der Waals surface area contributed by atoms with Crippen LogP contribution >= 0.6 is 0 Å². The van der Waals surface area contributed by atoms with Crippen LogP contribution in [0.25, 0.3) is 0 Å².